The Balaban J connectivity index is 0.000000673. The number of aromatic carboxylic acids is 1. The fraction of sp³-hybridized carbons (Fsp3) is 0.364. The minimum absolute atomic E-state index is 0.0600. The van der Waals surface area contributed by atoms with Crippen LogP contribution >= 0.6 is 0 Å². The zero-order valence-electron chi connectivity index (χ0n) is 9.60. The first kappa shape index (κ1) is 15.1. The van der Waals surface area contributed by atoms with Crippen LogP contribution in [0.25, 0.3) is 0 Å². The third-order valence-electron chi connectivity index (χ3n) is 1.99. The van der Waals surface area contributed by atoms with E-state index >= 15 is 0 Å². The van der Waals surface area contributed by atoms with Gasteiger partial charge in [0.25, 0.3) is 0 Å². The van der Waals surface area contributed by atoms with E-state index in [0.717, 1.165) is 5.56 Å². The number of carbonyl (C=O) groups is 1. The van der Waals surface area contributed by atoms with Gasteiger partial charge in [-0.05, 0) is 16.5 Å². The van der Waals surface area contributed by atoms with E-state index in [2.05, 4.69) is 20.8 Å². The molecule has 0 unspecified atom stereocenters. The molecule has 1 aromatic carbocycles. The van der Waals surface area contributed by atoms with Gasteiger partial charge in [0.2, 0.25) is 0 Å². The van der Waals surface area contributed by atoms with Gasteiger partial charge >= 0.3 is 24.2 Å². The Morgan fingerprint density at radius 1 is 1.19 bits per heavy atom. The van der Waals surface area contributed by atoms with Gasteiger partial charge in [-0.3, -0.25) is 0 Å². The fourth-order valence-electron chi connectivity index (χ4n) is 1.11. The second kappa shape index (κ2) is 6.67. The van der Waals surface area contributed by atoms with Crippen molar-refractivity contribution in [3.63, 3.8) is 0 Å². The fourth-order valence-corrected chi connectivity index (χ4v) is 1.11. The molecule has 16 heavy (non-hydrogen) atoms. The summed E-state index contributed by atoms with van der Waals surface area (Å²) in [5.41, 5.74) is 1.41. The van der Waals surface area contributed by atoms with Gasteiger partial charge in [-0.2, -0.15) is 0 Å². The second-order valence-corrected chi connectivity index (χ2v) is 4.46. The number of carboxylic acid groups (broad SMARTS) is 1. The average Bonchev–Trinajstić information content (AvgIpc) is 2.18. The van der Waals surface area contributed by atoms with Gasteiger partial charge in [-0.25, -0.2) is 0 Å². The van der Waals surface area contributed by atoms with Crippen LogP contribution < -0.4 is 5.11 Å². The Morgan fingerprint density at radius 3 is 1.81 bits per heavy atom. The van der Waals surface area contributed by atoms with E-state index in [9.17, 15) is 9.90 Å². The van der Waals surface area contributed by atoms with E-state index in [4.69, 9.17) is 8.32 Å². The van der Waals surface area contributed by atoms with Gasteiger partial charge in [0, 0.05) is 0 Å². The Morgan fingerprint density at radius 2 is 1.56 bits per heavy atom. The summed E-state index contributed by atoms with van der Waals surface area (Å²) in [6.07, 6.45) is 0. The maximum atomic E-state index is 10.5. The standard InChI is InChI=1S/C11H14O2.Al.2H2O/c1-11(2,3)9-6-4-8(5-7-9)10(12)13;;;/h4-7H,1-3H3,(H,12,13);;2*1H2/q;+3;;/p-3. The van der Waals surface area contributed by atoms with E-state index in [1.807, 2.05) is 12.1 Å². The van der Waals surface area contributed by atoms with Crippen LogP contribution in [0.1, 0.15) is 36.7 Å². The van der Waals surface area contributed by atoms with Crippen LogP contribution in [-0.2, 0) is 5.41 Å². The molecule has 0 atom stereocenters. The zero-order valence-corrected chi connectivity index (χ0v) is 10.8. The summed E-state index contributed by atoms with van der Waals surface area (Å²) in [6.45, 7) is 6.25. The zero-order chi connectivity index (χ0) is 12.8. The first-order chi connectivity index (χ1) is 7.32. The summed E-state index contributed by atoms with van der Waals surface area (Å²) in [4.78, 5) is 10.5. The van der Waals surface area contributed by atoms with Crippen molar-refractivity contribution in [1.29, 1.82) is 0 Å². The van der Waals surface area contributed by atoms with Crippen LogP contribution in [0.5, 0.6) is 0 Å². The summed E-state index contributed by atoms with van der Waals surface area (Å²) in [5.74, 6) is -1.12. The molecule has 2 N–H and O–H groups in total. The molecule has 5 heteroatoms. The van der Waals surface area contributed by atoms with Gasteiger partial charge in [-0.1, -0.05) is 45.0 Å². The summed E-state index contributed by atoms with van der Waals surface area (Å²) in [7, 11) is 0. The van der Waals surface area contributed by atoms with Gasteiger partial charge in [0.15, 0.2) is 0 Å². The molecule has 0 aromatic heterocycles. The summed E-state index contributed by atoms with van der Waals surface area (Å²) in [5, 5.41) is 10.5. The molecule has 1 rings (SSSR count). The Labute approximate surface area is 102 Å². The third-order valence-corrected chi connectivity index (χ3v) is 1.99. The van der Waals surface area contributed by atoms with Gasteiger partial charge in [0.1, 0.15) is 0 Å². The van der Waals surface area contributed by atoms with Crippen LogP contribution in [0.4, 0.5) is 0 Å². The molecule has 0 heterocycles. The predicted molar refractivity (Wildman–Crippen MR) is 59.7 cm³/mol. The first-order valence-electron chi connectivity index (χ1n) is 4.75. The summed E-state index contributed by atoms with van der Waals surface area (Å²) < 4.78 is 14.4. The van der Waals surface area contributed by atoms with Gasteiger partial charge in [-0.15, -0.1) is 0 Å². The van der Waals surface area contributed by atoms with Crippen LogP contribution in [0.15, 0.2) is 24.3 Å². The number of hydrogen-bond donors (Lipinski definition) is 2. The van der Waals surface area contributed by atoms with Crippen molar-refractivity contribution in [3.8, 4) is 0 Å². The van der Waals surface area contributed by atoms with E-state index < -0.39 is 21.9 Å². The maximum absolute atomic E-state index is 10.5. The van der Waals surface area contributed by atoms with Crippen LogP contribution in [-0.4, -0.2) is 30.2 Å². The van der Waals surface area contributed by atoms with Crippen molar-refractivity contribution in [2.24, 2.45) is 0 Å². The van der Waals surface area contributed by atoms with Crippen molar-refractivity contribution >= 4 is 21.9 Å². The van der Waals surface area contributed by atoms with E-state index in [-0.39, 0.29) is 11.0 Å². The SMILES string of the molecule is CC(C)(C)c1ccc(C(=O)[O-])cc1.[OH][Al+][OH]. The van der Waals surface area contributed by atoms with Gasteiger partial charge in [0.05, 0.1) is 5.97 Å². The molecule has 0 fully saturated rings. The number of carboxylic acids is 1. The molecule has 0 saturated carbocycles. The van der Waals surface area contributed by atoms with Crippen molar-refractivity contribution < 1.29 is 18.2 Å². The topological polar surface area (TPSA) is 80.6 Å². The van der Waals surface area contributed by atoms with Crippen LogP contribution in [0.2, 0.25) is 0 Å². The Kier molecular flexibility index (Phi) is 6.31. The molecule has 0 spiro atoms. The number of carbonyl (C=O) groups excluding carboxylic acids is 1. The number of benzene rings is 1. The molecule has 86 valence electrons. The van der Waals surface area contributed by atoms with Crippen LogP contribution in [0, 0.1) is 0 Å². The first-order valence-corrected chi connectivity index (χ1v) is 5.78. The number of rotatable bonds is 1. The monoisotopic (exact) mass is 238 g/mol. The predicted octanol–water partition coefficient (Wildman–Crippen LogP) is -0.147. The molecule has 0 aliphatic heterocycles. The molecule has 1 aromatic rings. The Hall–Kier alpha value is -0.858. The molecule has 0 amide bonds. The van der Waals surface area contributed by atoms with Crippen LogP contribution in [0.3, 0.4) is 0 Å². The molecule has 0 saturated heterocycles. The third kappa shape index (κ3) is 5.29. The van der Waals surface area contributed by atoms with Gasteiger partial charge < -0.3 is 9.90 Å². The van der Waals surface area contributed by atoms with E-state index in [0.29, 0.717) is 0 Å². The van der Waals surface area contributed by atoms with E-state index in [1.165, 1.54) is 0 Å². The Bertz CT molecular complexity index is 327. The van der Waals surface area contributed by atoms with Crippen molar-refractivity contribution in [3.05, 3.63) is 35.4 Å². The molecule has 0 aliphatic rings. The molecular weight excluding hydrogens is 223 g/mol. The summed E-state index contributed by atoms with van der Waals surface area (Å²) in [6, 6.07) is 6.81. The second-order valence-electron chi connectivity index (χ2n) is 4.23. The van der Waals surface area contributed by atoms with E-state index in [1.54, 1.807) is 12.1 Å². The molecule has 0 bridgehead atoms. The minimum atomic E-state index is -1.25. The molecule has 0 radical (unpaired) electrons. The number of hydrogen-bond acceptors (Lipinski definition) is 4. The normalized spacial score (nSPS) is 9.81. The van der Waals surface area contributed by atoms with Crippen molar-refractivity contribution in [2.75, 3.05) is 0 Å². The molecule has 0 aliphatic carbocycles. The summed E-state index contributed by atoms with van der Waals surface area (Å²) >= 11 is -1.25. The van der Waals surface area contributed by atoms with Crippen molar-refractivity contribution in [1.82, 2.24) is 0 Å². The van der Waals surface area contributed by atoms with Crippen molar-refractivity contribution in [2.45, 2.75) is 26.2 Å². The average molecular weight is 238 g/mol. The quantitative estimate of drug-likeness (QED) is 0.667. The molecular formula is C11H15AlO4. The molecule has 4 nitrogen and oxygen atoms in total.